The fourth-order valence-corrected chi connectivity index (χ4v) is 2.68. The molecule has 0 saturated carbocycles. The number of benzene rings is 1. The molecule has 1 aliphatic heterocycles. The van der Waals surface area contributed by atoms with Crippen molar-refractivity contribution in [3.8, 4) is 5.75 Å². The Morgan fingerprint density at radius 3 is 2.76 bits per heavy atom. The third kappa shape index (κ3) is 3.80. The zero-order valence-electron chi connectivity index (χ0n) is 12.2. The van der Waals surface area contributed by atoms with Gasteiger partial charge in [0.2, 0.25) is 0 Å². The molecular weight excluding hydrogens is 270 g/mol. The van der Waals surface area contributed by atoms with Crippen molar-refractivity contribution in [2.45, 2.75) is 19.4 Å². The summed E-state index contributed by atoms with van der Waals surface area (Å²) >= 11 is 0. The number of nitro benzene ring substituents is 1. The van der Waals surface area contributed by atoms with Gasteiger partial charge < -0.3 is 10.4 Å². The molecule has 0 amide bonds. The second-order valence-corrected chi connectivity index (χ2v) is 5.47. The Kier molecular flexibility index (Phi) is 4.93. The average molecular weight is 291 g/mol. The van der Waals surface area contributed by atoms with Gasteiger partial charge in [-0.05, 0) is 25.0 Å². The minimum atomic E-state index is -0.547. The lowest BCUT2D eigenvalue weighted by Gasteiger charge is -2.35. The summed E-state index contributed by atoms with van der Waals surface area (Å²) in [5.41, 5.74) is 1.65. The van der Waals surface area contributed by atoms with Crippen molar-refractivity contribution < 1.29 is 10.0 Å². The maximum Gasteiger partial charge on any atom is 0.311 e. The molecule has 1 fully saturated rings. The smallest absolute Gasteiger partial charge is 0.311 e. The van der Waals surface area contributed by atoms with Gasteiger partial charge in [-0.25, -0.2) is 0 Å². The van der Waals surface area contributed by atoms with Crippen LogP contribution in [0.4, 0.5) is 5.69 Å². The van der Waals surface area contributed by atoms with E-state index in [-0.39, 0.29) is 17.5 Å². The molecule has 1 aromatic rings. The molecule has 0 spiro atoms. The van der Waals surface area contributed by atoms with Crippen LogP contribution in [-0.4, -0.2) is 41.1 Å². The fraction of sp³-hybridized carbons (Fsp3) is 0.467. The fourth-order valence-electron chi connectivity index (χ4n) is 2.68. The van der Waals surface area contributed by atoms with Gasteiger partial charge in [0.05, 0.1) is 4.92 Å². The molecule has 0 bridgehead atoms. The van der Waals surface area contributed by atoms with Gasteiger partial charge in [-0.3, -0.25) is 15.0 Å². The van der Waals surface area contributed by atoms with Gasteiger partial charge in [0, 0.05) is 38.3 Å². The standard InChI is InChI=1S/C15H21N3O3/c1-11(2)9-13(17-7-5-16-6-8-17)12-3-4-15(19)14(10-12)18(20)21/h3-4,10,13,16,19H,1,5-9H2,2H3/t13-/m0/s1. The summed E-state index contributed by atoms with van der Waals surface area (Å²) in [6.45, 7) is 9.54. The first-order valence-corrected chi connectivity index (χ1v) is 7.05. The van der Waals surface area contributed by atoms with E-state index in [9.17, 15) is 15.2 Å². The molecule has 1 atom stereocenters. The summed E-state index contributed by atoms with van der Waals surface area (Å²) in [6, 6.07) is 4.70. The lowest BCUT2D eigenvalue weighted by molar-refractivity contribution is -0.386. The molecule has 1 heterocycles. The van der Waals surface area contributed by atoms with Crippen LogP contribution in [0.1, 0.15) is 24.9 Å². The van der Waals surface area contributed by atoms with Crippen LogP contribution in [0.2, 0.25) is 0 Å². The Bertz CT molecular complexity index is 539. The summed E-state index contributed by atoms with van der Waals surface area (Å²) in [5.74, 6) is -0.293. The molecule has 0 aliphatic carbocycles. The van der Waals surface area contributed by atoms with Crippen LogP contribution in [-0.2, 0) is 0 Å². The van der Waals surface area contributed by atoms with Crippen LogP contribution in [0.25, 0.3) is 0 Å². The minimum Gasteiger partial charge on any atom is -0.502 e. The lowest BCUT2D eigenvalue weighted by Crippen LogP contribution is -2.45. The first kappa shape index (κ1) is 15.5. The Balaban J connectivity index is 2.33. The third-order valence-corrected chi connectivity index (χ3v) is 3.72. The predicted molar refractivity (Wildman–Crippen MR) is 81.4 cm³/mol. The second-order valence-electron chi connectivity index (χ2n) is 5.47. The van der Waals surface area contributed by atoms with Crippen LogP contribution in [0.5, 0.6) is 5.75 Å². The Morgan fingerprint density at radius 1 is 1.52 bits per heavy atom. The van der Waals surface area contributed by atoms with Gasteiger partial charge >= 0.3 is 5.69 Å². The van der Waals surface area contributed by atoms with E-state index in [0.29, 0.717) is 0 Å². The Labute approximate surface area is 124 Å². The number of hydrogen-bond donors (Lipinski definition) is 2. The van der Waals surface area contributed by atoms with Gasteiger partial charge in [-0.2, -0.15) is 0 Å². The molecule has 0 aromatic heterocycles. The summed E-state index contributed by atoms with van der Waals surface area (Å²) in [5, 5.41) is 23.9. The van der Waals surface area contributed by atoms with E-state index in [1.807, 2.05) is 6.92 Å². The van der Waals surface area contributed by atoms with Gasteiger partial charge in [-0.15, -0.1) is 6.58 Å². The monoisotopic (exact) mass is 291 g/mol. The molecule has 1 saturated heterocycles. The number of piperazine rings is 1. The molecule has 2 N–H and O–H groups in total. The van der Waals surface area contributed by atoms with Crippen molar-refractivity contribution in [3.05, 3.63) is 46.0 Å². The number of phenols is 1. The molecular formula is C15H21N3O3. The lowest BCUT2D eigenvalue weighted by atomic mass is 9.97. The van der Waals surface area contributed by atoms with Gasteiger partial charge in [0.25, 0.3) is 0 Å². The molecule has 0 radical (unpaired) electrons. The summed E-state index contributed by atoms with van der Waals surface area (Å²) < 4.78 is 0. The van der Waals surface area contributed by atoms with Gasteiger partial charge in [0.15, 0.2) is 5.75 Å². The number of phenolic OH excluding ortho intramolecular Hbond substituents is 1. The molecule has 6 nitrogen and oxygen atoms in total. The summed E-state index contributed by atoms with van der Waals surface area (Å²) in [6.07, 6.45) is 0.752. The molecule has 0 unspecified atom stereocenters. The summed E-state index contributed by atoms with van der Waals surface area (Å²) in [4.78, 5) is 12.8. The van der Waals surface area contributed by atoms with Crippen LogP contribution < -0.4 is 5.32 Å². The van der Waals surface area contributed by atoms with Crippen molar-refractivity contribution in [2.75, 3.05) is 26.2 Å². The van der Waals surface area contributed by atoms with Crippen molar-refractivity contribution in [1.29, 1.82) is 0 Å². The van der Waals surface area contributed by atoms with E-state index < -0.39 is 4.92 Å². The predicted octanol–water partition coefficient (Wildman–Crippen LogP) is 2.21. The summed E-state index contributed by atoms with van der Waals surface area (Å²) in [7, 11) is 0. The van der Waals surface area contributed by atoms with Crippen LogP contribution in [0.15, 0.2) is 30.4 Å². The molecule has 6 heteroatoms. The van der Waals surface area contributed by atoms with Crippen LogP contribution in [0, 0.1) is 10.1 Å². The number of aromatic hydroxyl groups is 1. The molecule has 1 aromatic carbocycles. The third-order valence-electron chi connectivity index (χ3n) is 3.72. The van der Waals surface area contributed by atoms with Gasteiger partial charge in [-0.1, -0.05) is 11.6 Å². The van der Waals surface area contributed by atoms with E-state index in [1.165, 1.54) is 12.1 Å². The highest BCUT2D eigenvalue weighted by Gasteiger charge is 2.25. The van der Waals surface area contributed by atoms with E-state index in [1.54, 1.807) is 6.07 Å². The zero-order valence-corrected chi connectivity index (χ0v) is 12.2. The quantitative estimate of drug-likeness (QED) is 0.494. The number of nitro groups is 1. The molecule has 114 valence electrons. The highest BCUT2D eigenvalue weighted by atomic mass is 16.6. The van der Waals surface area contributed by atoms with Crippen molar-refractivity contribution in [3.63, 3.8) is 0 Å². The van der Waals surface area contributed by atoms with E-state index in [4.69, 9.17) is 0 Å². The SMILES string of the molecule is C=C(C)C[C@@H](c1ccc(O)c([N+](=O)[O-])c1)N1CCNCC1. The first-order valence-electron chi connectivity index (χ1n) is 7.05. The number of nitrogens with zero attached hydrogens (tertiary/aromatic N) is 2. The van der Waals surface area contributed by atoms with Crippen LogP contribution >= 0.6 is 0 Å². The van der Waals surface area contributed by atoms with Crippen molar-refractivity contribution in [1.82, 2.24) is 10.2 Å². The first-order chi connectivity index (χ1) is 9.99. The minimum absolute atomic E-state index is 0.0592. The molecule has 21 heavy (non-hydrogen) atoms. The second kappa shape index (κ2) is 6.69. The average Bonchev–Trinajstić information content (AvgIpc) is 2.46. The van der Waals surface area contributed by atoms with E-state index >= 15 is 0 Å². The highest BCUT2D eigenvalue weighted by molar-refractivity contribution is 5.48. The van der Waals surface area contributed by atoms with E-state index in [2.05, 4.69) is 16.8 Å². The molecule has 2 rings (SSSR count). The van der Waals surface area contributed by atoms with E-state index in [0.717, 1.165) is 43.7 Å². The maximum atomic E-state index is 11.0. The number of rotatable bonds is 5. The number of nitrogens with one attached hydrogen (secondary N) is 1. The van der Waals surface area contributed by atoms with Gasteiger partial charge in [0.1, 0.15) is 0 Å². The Hall–Kier alpha value is -1.92. The zero-order chi connectivity index (χ0) is 15.4. The highest BCUT2D eigenvalue weighted by Crippen LogP contribution is 2.33. The number of hydrogen-bond acceptors (Lipinski definition) is 5. The molecule has 1 aliphatic rings. The van der Waals surface area contributed by atoms with Crippen LogP contribution in [0.3, 0.4) is 0 Å². The largest absolute Gasteiger partial charge is 0.502 e. The van der Waals surface area contributed by atoms with Crippen molar-refractivity contribution in [2.24, 2.45) is 0 Å². The normalized spacial score (nSPS) is 17.4. The maximum absolute atomic E-state index is 11.0. The Morgan fingerprint density at radius 2 is 2.19 bits per heavy atom. The van der Waals surface area contributed by atoms with Crippen molar-refractivity contribution >= 4 is 5.69 Å². The topological polar surface area (TPSA) is 78.6 Å².